The lowest BCUT2D eigenvalue weighted by Crippen LogP contribution is -2.61. The Morgan fingerprint density at radius 2 is 1.85 bits per heavy atom. The summed E-state index contributed by atoms with van der Waals surface area (Å²) >= 11 is 1.39. The van der Waals surface area contributed by atoms with Crippen LogP contribution in [0.15, 0.2) is 40.1 Å². The highest BCUT2D eigenvalue weighted by atomic mass is 32.1. The number of pyridine rings is 1. The molecule has 66 heavy (non-hydrogen) atoms. The Morgan fingerprint density at radius 1 is 1.14 bits per heavy atom. The number of amides is 1. The maximum absolute atomic E-state index is 17.1. The molecule has 5 heterocycles. The van der Waals surface area contributed by atoms with Gasteiger partial charge in [0.1, 0.15) is 34.3 Å². The summed E-state index contributed by atoms with van der Waals surface area (Å²) in [5.41, 5.74) is 1.05. The number of halogens is 1. The van der Waals surface area contributed by atoms with E-state index in [1.807, 2.05) is 38.9 Å². The average Bonchev–Trinajstić information content (AvgIpc) is 3.69. The van der Waals surface area contributed by atoms with Gasteiger partial charge in [-0.1, -0.05) is 32.9 Å². The van der Waals surface area contributed by atoms with Gasteiger partial charge in [0.2, 0.25) is 5.91 Å². The van der Waals surface area contributed by atoms with Gasteiger partial charge in [0, 0.05) is 42.1 Å². The number of hydrogen-bond donors (Lipinski definition) is 3. The standard InChI is InChI=1S/C46H67FN6O12S/c1-13-33-46(10,58)40-26(5)36(51-35(55)14-2)24(3)18-44(8,60-21-31(20-59-40)52-61-22-30-16-15-29(19-49-30)41-50-34(48)23-66-41)39(27(6)38(56)45(9,47)43(57)64-33)65-42-37(63-28(7)54)32(53(11)12)17-25(4)62-42/h15-16,19,23-25,27,32-33,37,39-40,42,58H,13-14,17-18,20-22,48H2,1-12H3,(H,51,55)/b36-26+,52-31?/t24-,25-,27+,32+,33-,37-,39-,40-,42+,44-,45+,46-/m1/s1. The van der Waals surface area contributed by atoms with Crippen LogP contribution in [0, 0.1) is 11.8 Å². The number of anilines is 1. The molecule has 2 bridgehead atoms. The molecule has 0 unspecified atom stereocenters. The number of ether oxygens (including phenoxy) is 6. The van der Waals surface area contributed by atoms with E-state index in [1.165, 1.54) is 32.1 Å². The molecule has 1 fully saturated rings. The van der Waals surface area contributed by atoms with E-state index in [1.54, 1.807) is 45.3 Å². The van der Waals surface area contributed by atoms with Crippen LogP contribution in [0.2, 0.25) is 0 Å². The Bertz CT molecular complexity index is 2110. The molecule has 2 aromatic rings. The number of carbonyl (C=O) groups excluding carboxylic acids is 4. The van der Waals surface area contributed by atoms with Gasteiger partial charge in [0.25, 0.3) is 5.67 Å². The fourth-order valence-electron chi connectivity index (χ4n) is 9.04. The van der Waals surface area contributed by atoms with Gasteiger partial charge in [-0.15, -0.1) is 11.3 Å². The van der Waals surface area contributed by atoms with Crippen molar-refractivity contribution in [3.05, 3.63) is 40.7 Å². The predicted octanol–water partition coefficient (Wildman–Crippen LogP) is 5.06. The van der Waals surface area contributed by atoms with Gasteiger partial charge >= 0.3 is 11.9 Å². The van der Waals surface area contributed by atoms with Crippen molar-refractivity contribution in [1.29, 1.82) is 0 Å². The molecule has 5 rings (SSSR count). The van der Waals surface area contributed by atoms with Crippen molar-refractivity contribution >= 4 is 46.5 Å². The van der Waals surface area contributed by atoms with Gasteiger partial charge in [0.15, 0.2) is 24.8 Å². The first-order chi connectivity index (χ1) is 30.9. The summed E-state index contributed by atoms with van der Waals surface area (Å²) in [6.07, 6.45) is -4.81. The molecule has 0 radical (unpaired) electrons. The van der Waals surface area contributed by atoms with Crippen molar-refractivity contribution in [2.75, 3.05) is 33.0 Å². The number of aliphatic hydroxyl groups is 1. The van der Waals surface area contributed by atoms with Gasteiger partial charge in [-0.2, -0.15) is 0 Å². The summed E-state index contributed by atoms with van der Waals surface area (Å²) in [5.74, 6) is -5.40. The molecule has 0 aliphatic carbocycles. The molecule has 1 amide bonds. The summed E-state index contributed by atoms with van der Waals surface area (Å²) in [7, 11) is 3.65. The van der Waals surface area contributed by atoms with E-state index >= 15 is 4.39 Å². The van der Waals surface area contributed by atoms with E-state index < -0.39 is 89.3 Å². The number of hydrogen-bond acceptors (Lipinski definition) is 18. The van der Waals surface area contributed by atoms with Crippen LogP contribution in [-0.2, 0) is 59.0 Å². The summed E-state index contributed by atoms with van der Waals surface area (Å²) in [6, 6.07) is 3.18. The molecule has 0 spiro atoms. The Morgan fingerprint density at radius 3 is 2.44 bits per heavy atom. The first-order valence-electron chi connectivity index (χ1n) is 22.3. The van der Waals surface area contributed by atoms with Crippen LogP contribution in [0.4, 0.5) is 10.2 Å². The van der Waals surface area contributed by atoms with Gasteiger partial charge < -0.3 is 54.3 Å². The second kappa shape index (κ2) is 21.7. The summed E-state index contributed by atoms with van der Waals surface area (Å²) in [6.45, 7) is 14.5. The average molecular weight is 947 g/mol. The van der Waals surface area contributed by atoms with Crippen molar-refractivity contribution in [1.82, 2.24) is 20.2 Å². The predicted molar refractivity (Wildman–Crippen MR) is 242 cm³/mol. The third-order valence-electron chi connectivity index (χ3n) is 12.6. The number of carbonyl (C=O) groups is 4. The van der Waals surface area contributed by atoms with E-state index in [0.717, 1.165) is 12.5 Å². The van der Waals surface area contributed by atoms with Crippen molar-refractivity contribution in [2.45, 2.75) is 161 Å². The van der Waals surface area contributed by atoms with Crippen LogP contribution in [-0.4, -0.2) is 136 Å². The molecule has 18 nitrogen and oxygen atoms in total. The zero-order valence-corrected chi connectivity index (χ0v) is 40.9. The number of nitrogens with one attached hydrogen (secondary N) is 1. The lowest BCUT2D eigenvalue weighted by Gasteiger charge is -2.48. The lowest BCUT2D eigenvalue weighted by molar-refractivity contribution is -0.299. The Labute approximate surface area is 390 Å². The number of allylic oxidation sites excluding steroid dienone is 1. The number of nitrogens with zero attached hydrogens (tertiary/aromatic N) is 4. The topological polar surface area (TPSA) is 233 Å². The first-order valence-corrected chi connectivity index (χ1v) is 23.2. The molecule has 366 valence electrons. The molecule has 20 heteroatoms. The second-order valence-corrected chi connectivity index (χ2v) is 19.2. The Balaban J connectivity index is 1.69. The fourth-order valence-corrected chi connectivity index (χ4v) is 9.74. The van der Waals surface area contributed by atoms with Crippen LogP contribution < -0.4 is 11.1 Å². The molecule has 2 aromatic heterocycles. The molecule has 3 aliphatic rings. The third kappa shape index (κ3) is 12.0. The number of aromatic nitrogens is 2. The molecular weight excluding hydrogens is 880 g/mol. The fraction of sp³-hybridized carbons (Fsp3) is 0.674. The first kappa shape index (κ1) is 52.5. The van der Waals surface area contributed by atoms with Crippen molar-refractivity contribution < 1.29 is 61.9 Å². The van der Waals surface area contributed by atoms with Gasteiger partial charge in [-0.3, -0.25) is 19.4 Å². The number of thiazole rings is 1. The van der Waals surface area contributed by atoms with Crippen molar-refractivity contribution in [3.8, 4) is 10.6 Å². The number of cyclic esters (lactones) is 1. The number of esters is 2. The number of Topliss-reactive ketones (excluding diaryl/α,β-unsaturated/α-hetero) is 1. The number of alkyl halides is 1. The molecule has 0 saturated carbocycles. The van der Waals surface area contributed by atoms with E-state index in [4.69, 9.17) is 39.0 Å². The molecular formula is C46H67FN6O12S. The SMILES string of the molecule is CCC(=O)N/C1=C(\C)[C@H]2OCC(=NOCc3ccc(-c4nc(N)cs4)cn3)CO[C@](C)(C[C@H]1C)[C@H](O[C@@H]1O[C@H](C)C[C@H](N(C)C)[C@H]1OC(C)=O)[C@@H](C)C(=O)[C@](C)(F)C(=O)O[C@H](CC)[C@@]2(C)O. The highest BCUT2D eigenvalue weighted by Gasteiger charge is 2.56. The third-order valence-corrected chi connectivity index (χ3v) is 13.5. The lowest BCUT2D eigenvalue weighted by atomic mass is 9.76. The highest BCUT2D eigenvalue weighted by Crippen LogP contribution is 2.42. The number of ketones is 1. The van der Waals surface area contributed by atoms with Crippen LogP contribution in [0.1, 0.15) is 101 Å². The number of likely N-dealkylation sites (N-methyl/N-ethyl adjacent to an activating group) is 1. The molecule has 0 aromatic carbocycles. The van der Waals surface area contributed by atoms with E-state index in [2.05, 4.69) is 20.4 Å². The molecule has 12 atom stereocenters. The Hall–Kier alpha value is -4.44. The molecule has 3 aliphatic heterocycles. The normalized spacial score (nSPS) is 35.6. The number of rotatable bonds is 11. The minimum Gasteiger partial charge on any atom is -0.457 e. The number of oxime groups is 1. The van der Waals surface area contributed by atoms with Crippen molar-refractivity contribution in [3.63, 3.8) is 0 Å². The minimum atomic E-state index is -3.26. The monoisotopic (exact) mass is 946 g/mol. The zero-order valence-electron chi connectivity index (χ0n) is 40.0. The molecule has 1 saturated heterocycles. The van der Waals surface area contributed by atoms with Gasteiger partial charge in [-0.05, 0) is 91.6 Å². The van der Waals surface area contributed by atoms with E-state index in [0.29, 0.717) is 34.2 Å². The van der Waals surface area contributed by atoms with Crippen LogP contribution in [0.5, 0.6) is 0 Å². The maximum atomic E-state index is 17.1. The number of nitrogens with two attached hydrogens (primary N) is 1. The van der Waals surface area contributed by atoms with Crippen molar-refractivity contribution in [2.24, 2.45) is 17.0 Å². The summed E-state index contributed by atoms with van der Waals surface area (Å²) in [5, 5.41) is 22.4. The highest BCUT2D eigenvalue weighted by molar-refractivity contribution is 7.13. The van der Waals surface area contributed by atoms with Gasteiger partial charge in [0.05, 0.1) is 42.8 Å². The van der Waals surface area contributed by atoms with E-state index in [9.17, 15) is 24.3 Å². The van der Waals surface area contributed by atoms with Crippen LogP contribution in [0.25, 0.3) is 10.6 Å². The second-order valence-electron chi connectivity index (χ2n) is 18.3. The van der Waals surface area contributed by atoms with E-state index in [-0.39, 0.29) is 50.7 Å². The quantitative estimate of drug-likeness (QED) is 0.152. The largest absolute Gasteiger partial charge is 0.457 e. The number of nitrogen functional groups attached to an aromatic ring is 1. The summed E-state index contributed by atoms with van der Waals surface area (Å²) < 4.78 is 55.4. The zero-order chi connectivity index (χ0) is 48.9. The number of fused-ring (bicyclic) bond motifs is 4. The molecule has 4 N–H and O–H groups in total. The van der Waals surface area contributed by atoms with Gasteiger partial charge in [-0.25, -0.2) is 14.2 Å². The summed E-state index contributed by atoms with van der Waals surface area (Å²) in [4.78, 5) is 71.1. The minimum absolute atomic E-state index is 0.0156. The van der Waals surface area contributed by atoms with Crippen LogP contribution in [0.3, 0.4) is 0 Å². The smallest absolute Gasteiger partial charge is 0.351 e. The van der Waals surface area contributed by atoms with Crippen LogP contribution >= 0.6 is 11.3 Å². The Kier molecular flexibility index (Phi) is 17.2. The maximum Gasteiger partial charge on any atom is 0.351 e.